The average molecular weight is 687 g/mol. The standard InChI is InChI=1S/C32H35IN2O7/c1-41-28-15-23(20-37)14-25(33)31(28)42-27-18-24(32(40)34-12-13-36)17-26(30(27)39)35(19-22-10-6-3-7-11-22)29(38)16-21-8-4-2-5-9-21/h2-11,14-15,18,26-27,30,36-37,39H,12-13,16-17,19-20H2,1H3,(H,34,40). The van der Waals surface area contributed by atoms with Gasteiger partial charge in [0.25, 0.3) is 0 Å². The van der Waals surface area contributed by atoms with Crippen LogP contribution in [0.15, 0.2) is 84.4 Å². The van der Waals surface area contributed by atoms with E-state index in [1.165, 1.54) is 7.11 Å². The Hall–Kier alpha value is -3.45. The highest BCUT2D eigenvalue weighted by molar-refractivity contribution is 14.1. The second-order valence-corrected chi connectivity index (χ2v) is 11.1. The predicted molar refractivity (Wildman–Crippen MR) is 166 cm³/mol. The minimum absolute atomic E-state index is 0.0595. The van der Waals surface area contributed by atoms with Crippen molar-refractivity contribution in [1.82, 2.24) is 10.2 Å². The maximum atomic E-state index is 13.9. The maximum absolute atomic E-state index is 13.9. The predicted octanol–water partition coefficient (Wildman–Crippen LogP) is 2.98. The van der Waals surface area contributed by atoms with E-state index in [9.17, 15) is 24.9 Å². The molecule has 9 nitrogen and oxygen atoms in total. The molecule has 0 spiro atoms. The van der Waals surface area contributed by atoms with E-state index in [1.54, 1.807) is 23.1 Å². The Bertz CT molecular complexity index is 1380. The number of hydrogen-bond donors (Lipinski definition) is 4. The average Bonchev–Trinajstić information content (AvgIpc) is 3.01. The fourth-order valence-electron chi connectivity index (χ4n) is 4.94. The molecule has 1 aliphatic rings. The Morgan fingerprint density at radius 2 is 1.67 bits per heavy atom. The number of rotatable bonds is 12. The largest absolute Gasteiger partial charge is 0.493 e. The van der Waals surface area contributed by atoms with Crippen LogP contribution in [0, 0.1) is 3.57 Å². The summed E-state index contributed by atoms with van der Waals surface area (Å²) in [4.78, 5) is 28.6. The molecule has 0 heterocycles. The summed E-state index contributed by atoms with van der Waals surface area (Å²) in [6.45, 7) is -0.135. The summed E-state index contributed by atoms with van der Waals surface area (Å²) in [7, 11) is 1.48. The minimum Gasteiger partial charge on any atom is -0.493 e. The molecule has 1 aliphatic carbocycles. The van der Waals surface area contributed by atoms with Crippen LogP contribution in [0.4, 0.5) is 0 Å². The van der Waals surface area contributed by atoms with Crippen molar-refractivity contribution in [3.05, 3.63) is 105 Å². The molecule has 0 fully saturated rings. The normalized spacial score (nSPS) is 18.1. The number of aliphatic hydroxyl groups is 3. The molecule has 4 rings (SSSR count). The van der Waals surface area contributed by atoms with Crippen molar-refractivity contribution in [3.63, 3.8) is 0 Å². The number of methoxy groups -OCH3 is 1. The summed E-state index contributed by atoms with van der Waals surface area (Å²) in [5.41, 5.74) is 2.67. The van der Waals surface area contributed by atoms with Gasteiger partial charge in [-0.05, 0) is 57.5 Å². The second kappa shape index (κ2) is 15.1. The molecule has 0 aromatic heterocycles. The zero-order chi connectivity index (χ0) is 30.1. The minimum atomic E-state index is -1.19. The van der Waals surface area contributed by atoms with Crippen molar-refractivity contribution in [2.75, 3.05) is 20.3 Å². The number of nitrogens with one attached hydrogen (secondary N) is 1. The number of nitrogens with zero attached hydrogens (tertiary/aromatic N) is 1. The first-order chi connectivity index (χ1) is 20.3. The maximum Gasteiger partial charge on any atom is 0.247 e. The van der Waals surface area contributed by atoms with Crippen LogP contribution in [-0.4, -0.2) is 70.5 Å². The van der Waals surface area contributed by atoms with Crippen molar-refractivity contribution < 1.29 is 34.4 Å². The first-order valence-electron chi connectivity index (χ1n) is 13.6. The lowest BCUT2D eigenvalue weighted by molar-refractivity contribution is -0.138. The molecule has 2 amide bonds. The van der Waals surface area contributed by atoms with Gasteiger partial charge in [0.1, 0.15) is 12.2 Å². The lowest BCUT2D eigenvalue weighted by Crippen LogP contribution is -2.55. The fraction of sp³-hybridized carbons (Fsp3) is 0.312. The molecule has 3 aromatic rings. The molecule has 0 saturated heterocycles. The first-order valence-corrected chi connectivity index (χ1v) is 14.7. The third kappa shape index (κ3) is 7.88. The van der Waals surface area contributed by atoms with Crippen molar-refractivity contribution in [1.29, 1.82) is 0 Å². The van der Waals surface area contributed by atoms with Gasteiger partial charge in [0, 0.05) is 25.1 Å². The van der Waals surface area contributed by atoms with Crippen LogP contribution in [0.1, 0.15) is 23.1 Å². The van der Waals surface area contributed by atoms with Gasteiger partial charge >= 0.3 is 0 Å². The highest BCUT2D eigenvalue weighted by atomic mass is 127. The molecular weight excluding hydrogens is 651 g/mol. The summed E-state index contributed by atoms with van der Waals surface area (Å²) < 4.78 is 12.5. The Morgan fingerprint density at radius 3 is 2.29 bits per heavy atom. The lowest BCUT2D eigenvalue weighted by atomic mass is 9.87. The zero-order valence-corrected chi connectivity index (χ0v) is 25.4. The van der Waals surface area contributed by atoms with Crippen LogP contribution in [0.2, 0.25) is 0 Å². The van der Waals surface area contributed by atoms with Gasteiger partial charge in [-0.15, -0.1) is 0 Å². The number of halogens is 1. The van der Waals surface area contributed by atoms with Gasteiger partial charge in [-0.2, -0.15) is 0 Å². The molecule has 0 bridgehead atoms. The highest BCUT2D eigenvalue weighted by Crippen LogP contribution is 2.37. The molecule has 3 unspecified atom stereocenters. The topological polar surface area (TPSA) is 129 Å². The number of amides is 2. The van der Waals surface area contributed by atoms with Crippen LogP contribution in [-0.2, 0) is 29.2 Å². The summed E-state index contributed by atoms with van der Waals surface area (Å²) in [6, 6.07) is 21.4. The highest BCUT2D eigenvalue weighted by Gasteiger charge is 2.41. The van der Waals surface area contributed by atoms with Crippen molar-refractivity contribution in [2.24, 2.45) is 0 Å². The van der Waals surface area contributed by atoms with E-state index >= 15 is 0 Å². The summed E-state index contributed by atoms with van der Waals surface area (Å²) >= 11 is 2.07. The van der Waals surface area contributed by atoms with E-state index in [0.29, 0.717) is 26.2 Å². The molecule has 3 atom stereocenters. The number of carbonyl (C=O) groups is 2. The fourth-order valence-corrected chi connectivity index (χ4v) is 5.73. The Morgan fingerprint density at radius 1 is 1.00 bits per heavy atom. The van der Waals surface area contributed by atoms with E-state index in [1.807, 2.05) is 60.7 Å². The Balaban J connectivity index is 1.73. The molecule has 222 valence electrons. The molecule has 0 radical (unpaired) electrons. The van der Waals surface area contributed by atoms with Gasteiger partial charge in [-0.1, -0.05) is 60.7 Å². The SMILES string of the molecule is COc1cc(CO)cc(I)c1OC1C=C(C(=O)NCCO)CC(N(Cc2ccccc2)C(=O)Cc2ccccc2)C1O. The number of aliphatic hydroxyl groups excluding tert-OH is 3. The molecule has 4 N–H and O–H groups in total. The Kier molecular flexibility index (Phi) is 11.4. The van der Waals surface area contributed by atoms with Gasteiger partial charge in [0.15, 0.2) is 11.5 Å². The van der Waals surface area contributed by atoms with Gasteiger partial charge < -0.3 is 35.0 Å². The summed E-state index contributed by atoms with van der Waals surface area (Å²) in [5.74, 6) is 0.0872. The van der Waals surface area contributed by atoms with Gasteiger partial charge in [-0.3, -0.25) is 9.59 Å². The smallest absolute Gasteiger partial charge is 0.247 e. The van der Waals surface area contributed by atoms with E-state index in [4.69, 9.17) is 9.47 Å². The van der Waals surface area contributed by atoms with Gasteiger partial charge in [0.05, 0.1) is 36.4 Å². The lowest BCUT2D eigenvalue weighted by Gasteiger charge is -2.41. The number of hydrogen-bond acceptors (Lipinski definition) is 7. The quantitative estimate of drug-likeness (QED) is 0.216. The molecule has 0 saturated carbocycles. The van der Waals surface area contributed by atoms with Crippen molar-refractivity contribution in [2.45, 2.75) is 44.2 Å². The Labute approximate surface area is 258 Å². The van der Waals surface area contributed by atoms with Crippen molar-refractivity contribution >= 4 is 34.4 Å². The van der Waals surface area contributed by atoms with E-state index in [-0.39, 0.29) is 45.1 Å². The van der Waals surface area contributed by atoms with E-state index in [0.717, 1.165) is 11.1 Å². The summed E-state index contributed by atoms with van der Waals surface area (Å²) in [5, 5.41) is 33.3. The third-order valence-electron chi connectivity index (χ3n) is 7.05. The van der Waals surface area contributed by atoms with Crippen LogP contribution < -0.4 is 14.8 Å². The second-order valence-electron chi connectivity index (χ2n) is 9.95. The van der Waals surface area contributed by atoms with Crippen LogP contribution in [0.5, 0.6) is 11.5 Å². The van der Waals surface area contributed by atoms with Gasteiger partial charge in [-0.25, -0.2) is 0 Å². The van der Waals surface area contributed by atoms with Gasteiger partial charge in [0.2, 0.25) is 11.8 Å². The van der Waals surface area contributed by atoms with E-state index in [2.05, 4.69) is 27.9 Å². The van der Waals surface area contributed by atoms with Crippen LogP contribution >= 0.6 is 22.6 Å². The van der Waals surface area contributed by atoms with Crippen LogP contribution in [0.25, 0.3) is 0 Å². The monoisotopic (exact) mass is 686 g/mol. The number of carbonyl (C=O) groups excluding carboxylic acids is 2. The molecular formula is C32H35IN2O7. The third-order valence-corrected chi connectivity index (χ3v) is 7.86. The molecule has 3 aromatic carbocycles. The molecule has 0 aliphatic heterocycles. The van der Waals surface area contributed by atoms with E-state index < -0.39 is 24.2 Å². The molecule has 10 heteroatoms. The number of ether oxygens (including phenoxy) is 2. The number of benzene rings is 3. The molecule has 42 heavy (non-hydrogen) atoms. The summed E-state index contributed by atoms with van der Waals surface area (Å²) in [6.07, 6.45) is -0.439. The zero-order valence-electron chi connectivity index (χ0n) is 23.3. The first kappa shape index (κ1) is 31.5. The van der Waals surface area contributed by atoms with Crippen molar-refractivity contribution in [3.8, 4) is 11.5 Å². The van der Waals surface area contributed by atoms with Crippen LogP contribution in [0.3, 0.4) is 0 Å².